The average molecular weight is 229 g/mol. The van der Waals surface area contributed by atoms with Gasteiger partial charge in [-0.05, 0) is 40.0 Å². The lowest BCUT2D eigenvalue weighted by Crippen LogP contribution is -2.44. The second-order valence-corrected chi connectivity index (χ2v) is 5.36. The van der Waals surface area contributed by atoms with Gasteiger partial charge in [0.25, 0.3) is 0 Å². The quantitative estimate of drug-likeness (QED) is 0.730. The second kappa shape index (κ2) is 5.04. The van der Waals surface area contributed by atoms with E-state index in [9.17, 15) is 4.79 Å². The molecule has 0 aliphatic heterocycles. The first-order valence-corrected chi connectivity index (χ1v) is 5.84. The number of hydrogen-bond donors (Lipinski definition) is 0. The van der Waals surface area contributed by atoms with Crippen molar-refractivity contribution in [1.29, 1.82) is 0 Å². The van der Waals surface area contributed by atoms with Crippen LogP contribution in [0.2, 0.25) is 0 Å². The molecule has 0 aromatic carbocycles. The van der Waals surface area contributed by atoms with Gasteiger partial charge >= 0.3 is 6.09 Å². The fourth-order valence-corrected chi connectivity index (χ4v) is 2.09. The molecule has 0 N–H and O–H groups in total. The Labute approximate surface area is 97.9 Å². The third-order valence-corrected chi connectivity index (χ3v) is 2.90. The summed E-state index contributed by atoms with van der Waals surface area (Å²) in [5, 5.41) is 0. The van der Waals surface area contributed by atoms with E-state index in [4.69, 9.17) is 9.47 Å². The van der Waals surface area contributed by atoms with Crippen LogP contribution in [0, 0.1) is 0 Å². The zero-order valence-corrected chi connectivity index (χ0v) is 10.9. The zero-order valence-electron chi connectivity index (χ0n) is 10.9. The average Bonchev–Trinajstić information content (AvgIpc) is 2.61. The predicted octanol–water partition coefficient (Wildman–Crippen LogP) is 2.42. The van der Waals surface area contributed by atoms with Crippen molar-refractivity contribution in [3.63, 3.8) is 0 Å². The Morgan fingerprint density at radius 1 is 1.31 bits per heavy atom. The largest absolute Gasteiger partial charge is 0.444 e. The van der Waals surface area contributed by atoms with Gasteiger partial charge in [-0.15, -0.1) is 0 Å². The first-order valence-electron chi connectivity index (χ1n) is 5.84. The van der Waals surface area contributed by atoms with Gasteiger partial charge in [0.05, 0.1) is 12.1 Å². The first kappa shape index (κ1) is 13.3. The Hall–Kier alpha value is -0.770. The molecule has 0 heterocycles. The molecule has 0 spiro atoms. The van der Waals surface area contributed by atoms with E-state index in [-0.39, 0.29) is 18.2 Å². The number of nitrogens with zero attached hydrogens (tertiary/aromatic N) is 1. The van der Waals surface area contributed by atoms with Crippen molar-refractivity contribution in [1.82, 2.24) is 4.90 Å². The first-order chi connectivity index (χ1) is 7.35. The molecule has 1 aliphatic rings. The SMILES string of the molecule is CO[C@H]1CCC[C@H]1N(C)C(=O)OC(C)(C)C. The monoisotopic (exact) mass is 229 g/mol. The van der Waals surface area contributed by atoms with Gasteiger partial charge in [-0.2, -0.15) is 0 Å². The molecule has 0 unspecified atom stereocenters. The zero-order chi connectivity index (χ0) is 12.3. The van der Waals surface area contributed by atoms with E-state index in [1.807, 2.05) is 20.8 Å². The van der Waals surface area contributed by atoms with Gasteiger partial charge in [0, 0.05) is 14.2 Å². The summed E-state index contributed by atoms with van der Waals surface area (Å²) in [5.74, 6) is 0. The highest BCUT2D eigenvalue weighted by Gasteiger charge is 2.34. The van der Waals surface area contributed by atoms with Gasteiger partial charge < -0.3 is 14.4 Å². The summed E-state index contributed by atoms with van der Waals surface area (Å²) >= 11 is 0. The number of methoxy groups -OCH3 is 1. The molecule has 94 valence electrons. The van der Waals surface area contributed by atoms with Crippen LogP contribution in [0.25, 0.3) is 0 Å². The lowest BCUT2D eigenvalue weighted by atomic mass is 10.2. The van der Waals surface area contributed by atoms with Crippen LogP contribution in [-0.2, 0) is 9.47 Å². The number of carbonyl (C=O) groups excluding carboxylic acids is 1. The highest BCUT2D eigenvalue weighted by Crippen LogP contribution is 2.26. The minimum absolute atomic E-state index is 0.150. The van der Waals surface area contributed by atoms with Crippen LogP contribution in [0.4, 0.5) is 4.79 Å². The minimum Gasteiger partial charge on any atom is -0.444 e. The molecule has 1 amide bonds. The van der Waals surface area contributed by atoms with Crippen LogP contribution >= 0.6 is 0 Å². The fraction of sp³-hybridized carbons (Fsp3) is 0.917. The highest BCUT2D eigenvalue weighted by atomic mass is 16.6. The third kappa shape index (κ3) is 3.37. The summed E-state index contributed by atoms with van der Waals surface area (Å²) in [4.78, 5) is 13.5. The van der Waals surface area contributed by atoms with Crippen LogP contribution < -0.4 is 0 Å². The summed E-state index contributed by atoms with van der Waals surface area (Å²) in [5.41, 5.74) is -0.438. The molecule has 16 heavy (non-hydrogen) atoms. The van der Waals surface area contributed by atoms with Crippen molar-refractivity contribution < 1.29 is 14.3 Å². The number of carbonyl (C=O) groups is 1. The topological polar surface area (TPSA) is 38.8 Å². The van der Waals surface area contributed by atoms with E-state index < -0.39 is 5.60 Å². The number of ether oxygens (including phenoxy) is 2. The summed E-state index contributed by atoms with van der Waals surface area (Å²) in [6.07, 6.45) is 3.01. The van der Waals surface area contributed by atoms with Gasteiger partial charge in [-0.25, -0.2) is 4.79 Å². The van der Waals surface area contributed by atoms with Crippen molar-refractivity contribution in [3.8, 4) is 0 Å². The van der Waals surface area contributed by atoms with Crippen LogP contribution in [0.5, 0.6) is 0 Å². The van der Waals surface area contributed by atoms with Gasteiger partial charge in [-0.3, -0.25) is 0 Å². The maximum absolute atomic E-state index is 11.9. The van der Waals surface area contributed by atoms with Gasteiger partial charge in [-0.1, -0.05) is 0 Å². The molecule has 4 nitrogen and oxygen atoms in total. The molecule has 1 aliphatic carbocycles. The molecule has 0 saturated heterocycles. The number of amides is 1. The molecule has 4 heteroatoms. The number of hydrogen-bond acceptors (Lipinski definition) is 3. The summed E-state index contributed by atoms with van der Waals surface area (Å²) < 4.78 is 10.7. The molecule has 0 radical (unpaired) electrons. The molecule has 1 fully saturated rings. The molecular formula is C12H23NO3. The molecular weight excluding hydrogens is 206 g/mol. The van der Waals surface area contributed by atoms with Crippen LogP contribution in [0.3, 0.4) is 0 Å². The van der Waals surface area contributed by atoms with Gasteiger partial charge in [0.1, 0.15) is 5.60 Å². The van der Waals surface area contributed by atoms with E-state index in [0.29, 0.717) is 0 Å². The summed E-state index contributed by atoms with van der Waals surface area (Å²) in [7, 11) is 3.49. The summed E-state index contributed by atoms with van der Waals surface area (Å²) in [6.45, 7) is 5.63. The Balaban J connectivity index is 2.56. The third-order valence-electron chi connectivity index (χ3n) is 2.90. The Kier molecular flexibility index (Phi) is 4.19. The van der Waals surface area contributed by atoms with E-state index in [2.05, 4.69) is 0 Å². The van der Waals surface area contributed by atoms with Crippen molar-refractivity contribution in [3.05, 3.63) is 0 Å². The van der Waals surface area contributed by atoms with Crippen molar-refractivity contribution >= 4 is 6.09 Å². The lowest BCUT2D eigenvalue weighted by molar-refractivity contribution is -0.000454. The van der Waals surface area contributed by atoms with E-state index in [1.54, 1.807) is 19.1 Å². The molecule has 0 bridgehead atoms. The van der Waals surface area contributed by atoms with E-state index in [1.165, 1.54) is 0 Å². The number of likely N-dealkylation sites (N-methyl/N-ethyl adjacent to an activating group) is 1. The minimum atomic E-state index is -0.438. The maximum Gasteiger partial charge on any atom is 0.410 e. The van der Waals surface area contributed by atoms with Crippen LogP contribution in [0.15, 0.2) is 0 Å². The van der Waals surface area contributed by atoms with Crippen molar-refractivity contribution in [2.75, 3.05) is 14.2 Å². The van der Waals surface area contributed by atoms with Crippen molar-refractivity contribution in [2.24, 2.45) is 0 Å². The molecule has 0 aromatic heterocycles. The lowest BCUT2D eigenvalue weighted by Gasteiger charge is -2.31. The Morgan fingerprint density at radius 2 is 1.94 bits per heavy atom. The molecule has 0 aromatic rings. The Bertz CT molecular complexity index is 247. The molecule has 1 saturated carbocycles. The predicted molar refractivity (Wildman–Crippen MR) is 62.4 cm³/mol. The summed E-state index contributed by atoms with van der Waals surface area (Å²) in [6, 6.07) is 0.153. The normalized spacial score (nSPS) is 25.6. The van der Waals surface area contributed by atoms with Crippen LogP contribution in [-0.4, -0.2) is 42.9 Å². The fourth-order valence-electron chi connectivity index (χ4n) is 2.09. The Morgan fingerprint density at radius 3 is 2.44 bits per heavy atom. The molecule has 1 rings (SSSR count). The van der Waals surface area contributed by atoms with E-state index >= 15 is 0 Å². The smallest absolute Gasteiger partial charge is 0.410 e. The van der Waals surface area contributed by atoms with Crippen LogP contribution in [0.1, 0.15) is 40.0 Å². The number of rotatable bonds is 2. The molecule has 2 atom stereocenters. The maximum atomic E-state index is 11.9. The van der Waals surface area contributed by atoms with Gasteiger partial charge in [0.2, 0.25) is 0 Å². The van der Waals surface area contributed by atoms with Crippen molar-refractivity contribution in [2.45, 2.75) is 57.8 Å². The van der Waals surface area contributed by atoms with Gasteiger partial charge in [0.15, 0.2) is 0 Å². The highest BCUT2D eigenvalue weighted by molar-refractivity contribution is 5.68. The standard InChI is InChI=1S/C12H23NO3/c1-12(2,3)16-11(14)13(4)9-7-6-8-10(9)15-5/h9-10H,6-8H2,1-5H3/t9-,10+/m1/s1. The second-order valence-electron chi connectivity index (χ2n) is 5.36. The van der Waals surface area contributed by atoms with E-state index in [0.717, 1.165) is 19.3 Å².